The summed E-state index contributed by atoms with van der Waals surface area (Å²) in [6, 6.07) is 12.8. The minimum absolute atomic E-state index is 0.601. The molecule has 2 aromatic rings. The van der Waals surface area contributed by atoms with Gasteiger partial charge in [-0.2, -0.15) is 0 Å². The van der Waals surface area contributed by atoms with Crippen LogP contribution in [0.1, 0.15) is 10.4 Å². The molecule has 0 aliphatic heterocycles. The van der Waals surface area contributed by atoms with E-state index in [9.17, 15) is 4.79 Å². The molecule has 0 fully saturated rings. The van der Waals surface area contributed by atoms with Gasteiger partial charge in [0, 0.05) is 22.4 Å². The molecule has 2 rings (SSSR count). The minimum Gasteiger partial charge on any atom is -0.496 e. The van der Waals surface area contributed by atoms with Crippen molar-refractivity contribution in [2.24, 2.45) is 0 Å². The molecule has 0 amide bonds. The smallest absolute Gasteiger partial charge is 0.150 e. The van der Waals surface area contributed by atoms with Crippen LogP contribution < -0.4 is 10.5 Å². The van der Waals surface area contributed by atoms with Crippen LogP contribution in [0.2, 0.25) is 0 Å². The molecule has 0 saturated heterocycles. The lowest BCUT2D eigenvalue weighted by atomic mass is 10.0. The minimum atomic E-state index is 0.601. The summed E-state index contributed by atoms with van der Waals surface area (Å²) in [5, 5.41) is 0. The van der Waals surface area contributed by atoms with E-state index in [0.29, 0.717) is 17.0 Å². The first-order valence-corrected chi connectivity index (χ1v) is 5.24. The summed E-state index contributed by atoms with van der Waals surface area (Å²) in [5.41, 5.74) is 8.88. The van der Waals surface area contributed by atoms with Gasteiger partial charge in [-0.1, -0.05) is 18.2 Å². The van der Waals surface area contributed by atoms with Gasteiger partial charge in [0.05, 0.1) is 7.11 Å². The lowest BCUT2D eigenvalue weighted by Crippen LogP contribution is -1.94. The van der Waals surface area contributed by atoms with Crippen molar-refractivity contribution in [2.75, 3.05) is 12.8 Å². The Hall–Kier alpha value is -2.29. The largest absolute Gasteiger partial charge is 0.496 e. The number of benzene rings is 2. The summed E-state index contributed by atoms with van der Waals surface area (Å²) in [4.78, 5) is 10.8. The maximum atomic E-state index is 10.8. The van der Waals surface area contributed by atoms with E-state index >= 15 is 0 Å². The van der Waals surface area contributed by atoms with E-state index in [0.717, 1.165) is 17.4 Å². The van der Waals surface area contributed by atoms with Crippen LogP contribution in [0.25, 0.3) is 11.1 Å². The number of anilines is 1. The van der Waals surface area contributed by atoms with E-state index < -0.39 is 0 Å². The second kappa shape index (κ2) is 4.70. The van der Waals surface area contributed by atoms with Gasteiger partial charge in [-0.25, -0.2) is 0 Å². The van der Waals surface area contributed by atoms with E-state index in [1.165, 1.54) is 0 Å². The van der Waals surface area contributed by atoms with E-state index in [1.807, 2.05) is 24.3 Å². The summed E-state index contributed by atoms with van der Waals surface area (Å²) in [6.07, 6.45) is 0.808. The third-order valence-corrected chi connectivity index (χ3v) is 2.61. The molecule has 0 aliphatic rings. The van der Waals surface area contributed by atoms with Crippen LogP contribution >= 0.6 is 0 Å². The number of ether oxygens (including phenoxy) is 1. The Bertz CT molecular complexity index is 550. The molecule has 0 bridgehead atoms. The lowest BCUT2D eigenvalue weighted by molar-refractivity contribution is 0.112. The van der Waals surface area contributed by atoms with Gasteiger partial charge in [-0.15, -0.1) is 0 Å². The number of nitrogen functional groups attached to an aromatic ring is 1. The Kier molecular flexibility index (Phi) is 3.10. The normalized spacial score (nSPS) is 9.94. The molecule has 2 aromatic carbocycles. The molecule has 17 heavy (non-hydrogen) atoms. The molecule has 2 N–H and O–H groups in total. The average Bonchev–Trinajstić information content (AvgIpc) is 2.38. The van der Waals surface area contributed by atoms with E-state index in [-0.39, 0.29) is 0 Å². The molecule has 3 nitrogen and oxygen atoms in total. The third kappa shape index (κ3) is 2.13. The predicted molar refractivity (Wildman–Crippen MR) is 68.2 cm³/mol. The molecule has 0 unspecified atom stereocenters. The molecule has 3 heteroatoms. The van der Waals surface area contributed by atoms with E-state index in [2.05, 4.69) is 0 Å². The zero-order chi connectivity index (χ0) is 12.3. The average molecular weight is 227 g/mol. The van der Waals surface area contributed by atoms with Crippen molar-refractivity contribution >= 4 is 12.0 Å². The van der Waals surface area contributed by atoms with Crippen LogP contribution in [0.3, 0.4) is 0 Å². The molecule has 0 heterocycles. The predicted octanol–water partition coefficient (Wildman–Crippen LogP) is 2.76. The second-order valence-corrected chi connectivity index (χ2v) is 3.66. The number of methoxy groups -OCH3 is 1. The molecular formula is C14H13NO2. The van der Waals surface area contributed by atoms with E-state index in [1.54, 1.807) is 25.3 Å². The first kappa shape index (κ1) is 11.2. The van der Waals surface area contributed by atoms with Gasteiger partial charge in [0.1, 0.15) is 12.0 Å². The van der Waals surface area contributed by atoms with Gasteiger partial charge >= 0.3 is 0 Å². The van der Waals surface area contributed by atoms with Gasteiger partial charge in [-0.05, 0) is 24.3 Å². The number of carbonyl (C=O) groups excluding carboxylic acids is 1. The summed E-state index contributed by atoms with van der Waals surface area (Å²) in [6.45, 7) is 0. The number of rotatable bonds is 3. The SMILES string of the molecule is COc1ccc(C=O)cc1-c1ccccc1N. The second-order valence-electron chi connectivity index (χ2n) is 3.66. The molecule has 0 spiro atoms. The van der Waals surface area contributed by atoms with Crippen LogP contribution in [-0.2, 0) is 0 Å². The molecule has 0 aliphatic carbocycles. The number of para-hydroxylation sites is 1. The summed E-state index contributed by atoms with van der Waals surface area (Å²) >= 11 is 0. The topological polar surface area (TPSA) is 52.3 Å². The molecule has 0 aromatic heterocycles. The van der Waals surface area contributed by atoms with Crippen molar-refractivity contribution in [3.05, 3.63) is 48.0 Å². The molecule has 0 saturated carbocycles. The number of hydrogen-bond donors (Lipinski definition) is 1. The fraction of sp³-hybridized carbons (Fsp3) is 0.0714. The maximum absolute atomic E-state index is 10.8. The van der Waals surface area contributed by atoms with Gasteiger partial charge in [0.2, 0.25) is 0 Å². The van der Waals surface area contributed by atoms with Crippen LogP contribution in [0.5, 0.6) is 5.75 Å². The van der Waals surface area contributed by atoms with E-state index in [4.69, 9.17) is 10.5 Å². The first-order valence-electron chi connectivity index (χ1n) is 5.24. The monoisotopic (exact) mass is 227 g/mol. The quantitative estimate of drug-likeness (QED) is 0.648. The molecule has 0 atom stereocenters. The fourth-order valence-corrected chi connectivity index (χ4v) is 1.75. The Balaban J connectivity index is 2.64. The highest BCUT2D eigenvalue weighted by atomic mass is 16.5. The van der Waals surface area contributed by atoms with Crippen LogP contribution in [0.4, 0.5) is 5.69 Å². The van der Waals surface area contributed by atoms with Crippen molar-refractivity contribution in [3.8, 4) is 16.9 Å². The highest BCUT2D eigenvalue weighted by Crippen LogP contribution is 2.33. The number of carbonyl (C=O) groups is 1. The van der Waals surface area contributed by atoms with Crippen molar-refractivity contribution in [1.29, 1.82) is 0 Å². The highest BCUT2D eigenvalue weighted by Gasteiger charge is 2.09. The zero-order valence-electron chi connectivity index (χ0n) is 9.51. The van der Waals surface area contributed by atoms with Crippen LogP contribution in [0, 0.1) is 0 Å². The van der Waals surface area contributed by atoms with Gasteiger partial charge in [0.25, 0.3) is 0 Å². The molecule has 86 valence electrons. The number of hydrogen-bond acceptors (Lipinski definition) is 3. The lowest BCUT2D eigenvalue weighted by Gasteiger charge is -2.11. The van der Waals surface area contributed by atoms with Gasteiger partial charge in [0.15, 0.2) is 0 Å². The van der Waals surface area contributed by atoms with Gasteiger partial charge in [-0.3, -0.25) is 4.79 Å². The first-order chi connectivity index (χ1) is 8.26. The third-order valence-electron chi connectivity index (χ3n) is 2.61. The molecular weight excluding hydrogens is 214 g/mol. The Morgan fingerprint density at radius 3 is 2.53 bits per heavy atom. The van der Waals surface area contributed by atoms with Crippen molar-refractivity contribution < 1.29 is 9.53 Å². The summed E-state index contributed by atoms with van der Waals surface area (Å²) in [7, 11) is 1.60. The zero-order valence-corrected chi connectivity index (χ0v) is 9.51. The van der Waals surface area contributed by atoms with Crippen molar-refractivity contribution in [3.63, 3.8) is 0 Å². The molecule has 0 radical (unpaired) electrons. The maximum Gasteiger partial charge on any atom is 0.150 e. The van der Waals surface area contributed by atoms with Crippen LogP contribution in [0.15, 0.2) is 42.5 Å². The summed E-state index contributed by atoms with van der Waals surface area (Å²) in [5.74, 6) is 0.702. The number of nitrogens with two attached hydrogens (primary N) is 1. The van der Waals surface area contributed by atoms with Crippen LogP contribution in [-0.4, -0.2) is 13.4 Å². The van der Waals surface area contributed by atoms with Gasteiger partial charge < -0.3 is 10.5 Å². The summed E-state index contributed by atoms with van der Waals surface area (Å²) < 4.78 is 5.28. The standard InChI is InChI=1S/C14H13NO2/c1-17-14-7-6-10(9-16)8-12(14)11-4-2-3-5-13(11)15/h2-9H,15H2,1H3. The Labute approximate surface area is 99.8 Å². The Morgan fingerprint density at radius 1 is 1.12 bits per heavy atom. The fourth-order valence-electron chi connectivity index (χ4n) is 1.75. The Morgan fingerprint density at radius 2 is 1.88 bits per heavy atom. The van der Waals surface area contributed by atoms with Crippen molar-refractivity contribution in [2.45, 2.75) is 0 Å². The number of aldehydes is 1. The highest BCUT2D eigenvalue weighted by molar-refractivity contribution is 5.85. The van der Waals surface area contributed by atoms with Crippen molar-refractivity contribution in [1.82, 2.24) is 0 Å².